The maximum Gasteiger partial charge on any atom is 0.411 e. The number of amides is 2. The molecule has 1 aromatic heterocycles. The Morgan fingerprint density at radius 2 is 1.71 bits per heavy atom. The summed E-state index contributed by atoms with van der Waals surface area (Å²) in [6, 6.07) is 14.7. The van der Waals surface area contributed by atoms with Gasteiger partial charge < -0.3 is 19.9 Å². The van der Waals surface area contributed by atoms with Crippen LogP contribution in [-0.4, -0.2) is 59.2 Å². The zero-order valence-electron chi connectivity index (χ0n) is 18.6. The van der Waals surface area contributed by atoms with Crippen LogP contribution in [0.25, 0.3) is 11.1 Å². The number of benzene rings is 2. The molecule has 34 heavy (non-hydrogen) atoms. The number of carboxylic acid groups (broad SMARTS) is 1. The number of carbonyl (C=O) groups excluding carboxylic acids is 2. The summed E-state index contributed by atoms with van der Waals surface area (Å²) in [6.07, 6.45) is 0.540. The molecule has 176 valence electrons. The maximum atomic E-state index is 12.7. The number of aliphatic carboxylic acids is 1. The van der Waals surface area contributed by atoms with Crippen molar-refractivity contribution >= 4 is 23.7 Å². The molecule has 2 amide bonds. The number of hydrogen-bond donors (Lipinski definition) is 3. The third kappa shape index (κ3) is 4.48. The van der Waals surface area contributed by atoms with Crippen LogP contribution in [0.2, 0.25) is 0 Å². The van der Waals surface area contributed by atoms with Crippen LogP contribution in [0.15, 0.2) is 54.7 Å². The molecule has 3 N–H and O–H groups in total. The molecule has 1 atom stereocenters. The third-order valence-corrected chi connectivity index (χ3v) is 5.67. The molecule has 1 unspecified atom stereocenters. The van der Waals surface area contributed by atoms with Crippen molar-refractivity contribution in [2.75, 3.05) is 25.6 Å². The highest BCUT2D eigenvalue weighted by Crippen LogP contribution is 2.44. The van der Waals surface area contributed by atoms with E-state index in [1.54, 1.807) is 0 Å². The summed E-state index contributed by atoms with van der Waals surface area (Å²) in [5.41, 5.74) is 4.46. The minimum atomic E-state index is -1.25. The summed E-state index contributed by atoms with van der Waals surface area (Å²) in [4.78, 5) is 36.6. The molecular weight excluding hydrogens is 440 g/mol. The van der Waals surface area contributed by atoms with Crippen molar-refractivity contribution in [1.29, 1.82) is 0 Å². The van der Waals surface area contributed by atoms with Gasteiger partial charge in [0.1, 0.15) is 12.3 Å². The highest BCUT2D eigenvalue weighted by Gasteiger charge is 2.30. The molecule has 2 aromatic carbocycles. The number of aromatic nitrogens is 2. The van der Waals surface area contributed by atoms with Crippen molar-refractivity contribution < 1.29 is 29.0 Å². The molecule has 10 heteroatoms. The number of ether oxygens (including phenoxy) is 2. The number of nitrogens with zero attached hydrogens (tertiary/aromatic N) is 2. The van der Waals surface area contributed by atoms with Gasteiger partial charge in [-0.1, -0.05) is 48.5 Å². The van der Waals surface area contributed by atoms with Crippen LogP contribution >= 0.6 is 0 Å². The Hall–Kier alpha value is -4.18. The minimum Gasteiger partial charge on any atom is -0.480 e. The monoisotopic (exact) mass is 464 g/mol. The molecule has 0 spiro atoms. The Balaban J connectivity index is 1.45. The first-order valence-corrected chi connectivity index (χ1v) is 10.6. The normalized spacial score (nSPS) is 13.0. The summed E-state index contributed by atoms with van der Waals surface area (Å²) in [5.74, 6) is -2.08. The Bertz CT molecular complexity index is 1190. The van der Waals surface area contributed by atoms with Gasteiger partial charge in [0.25, 0.3) is 5.91 Å². The first-order chi connectivity index (χ1) is 16.4. The van der Waals surface area contributed by atoms with Crippen LogP contribution < -0.4 is 10.6 Å². The minimum absolute atomic E-state index is 0.0177. The number of carboxylic acids is 1. The van der Waals surface area contributed by atoms with E-state index in [1.807, 2.05) is 48.5 Å². The molecule has 0 saturated heterocycles. The molecule has 4 rings (SSSR count). The average molecular weight is 464 g/mol. The van der Waals surface area contributed by atoms with E-state index in [0.717, 1.165) is 22.3 Å². The van der Waals surface area contributed by atoms with Gasteiger partial charge in [0.2, 0.25) is 0 Å². The van der Waals surface area contributed by atoms with E-state index in [2.05, 4.69) is 15.7 Å². The fourth-order valence-electron chi connectivity index (χ4n) is 4.11. The molecular formula is C24H24N4O6. The van der Waals surface area contributed by atoms with Gasteiger partial charge in [-0.25, -0.2) is 9.59 Å². The van der Waals surface area contributed by atoms with E-state index >= 15 is 0 Å². The highest BCUT2D eigenvalue weighted by molar-refractivity contribution is 6.02. The van der Waals surface area contributed by atoms with Crippen LogP contribution in [0.5, 0.6) is 0 Å². The largest absolute Gasteiger partial charge is 0.480 e. The molecule has 10 nitrogen and oxygen atoms in total. The molecule has 3 aromatic rings. The predicted molar refractivity (Wildman–Crippen MR) is 123 cm³/mol. The summed E-state index contributed by atoms with van der Waals surface area (Å²) in [7, 11) is 2.83. The van der Waals surface area contributed by atoms with Gasteiger partial charge in [-0.15, -0.1) is 0 Å². The van der Waals surface area contributed by atoms with Crippen LogP contribution in [0.1, 0.15) is 27.5 Å². The molecule has 0 bridgehead atoms. The average Bonchev–Trinajstić information content (AvgIpc) is 3.34. The van der Waals surface area contributed by atoms with Gasteiger partial charge in [0.15, 0.2) is 6.04 Å². The molecule has 0 saturated carbocycles. The topological polar surface area (TPSA) is 132 Å². The van der Waals surface area contributed by atoms with Crippen molar-refractivity contribution in [3.05, 3.63) is 71.5 Å². The van der Waals surface area contributed by atoms with E-state index in [0.29, 0.717) is 0 Å². The van der Waals surface area contributed by atoms with E-state index < -0.39 is 24.0 Å². The first-order valence-electron chi connectivity index (χ1n) is 10.6. The lowest BCUT2D eigenvalue weighted by Crippen LogP contribution is -2.44. The van der Waals surface area contributed by atoms with Gasteiger partial charge in [0.05, 0.1) is 18.5 Å². The number of carbonyl (C=O) groups is 3. The fraction of sp³-hybridized carbons (Fsp3) is 0.250. The molecule has 1 aliphatic rings. The Morgan fingerprint density at radius 3 is 2.29 bits per heavy atom. The Morgan fingerprint density at radius 1 is 1.09 bits per heavy atom. The van der Waals surface area contributed by atoms with Gasteiger partial charge in [0, 0.05) is 20.1 Å². The van der Waals surface area contributed by atoms with Gasteiger partial charge >= 0.3 is 12.1 Å². The Kier molecular flexibility index (Phi) is 6.60. The number of hydrogen-bond acceptors (Lipinski definition) is 6. The van der Waals surface area contributed by atoms with Crippen molar-refractivity contribution in [2.24, 2.45) is 7.05 Å². The van der Waals surface area contributed by atoms with Crippen molar-refractivity contribution in [3.8, 4) is 11.1 Å². The number of anilines is 1. The van der Waals surface area contributed by atoms with E-state index in [9.17, 15) is 19.5 Å². The van der Waals surface area contributed by atoms with E-state index in [4.69, 9.17) is 9.47 Å². The van der Waals surface area contributed by atoms with Crippen LogP contribution in [0.4, 0.5) is 10.5 Å². The van der Waals surface area contributed by atoms with Crippen LogP contribution in [-0.2, 0) is 21.3 Å². The molecule has 1 heterocycles. The number of methoxy groups -OCH3 is 1. The second kappa shape index (κ2) is 9.75. The quantitative estimate of drug-likeness (QED) is 0.467. The van der Waals surface area contributed by atoms with Gasteiger partial charge in [-0.05, 0) is 22.3 Å². The summed E-state index contributed by atoms with van der Waals surface area (Å²) in [5, 5.41) is 18.1. The molecule has 0 radical (unpaired) electrons. The van der Waals surface area contributed by atoms with E-state index in [1.165, 1.54) is 25.0 Å². The lowest BCUT2D eigenvalue weighted by atomic mass is 9.98. The fourth-order valence-corrected chi connectivity index (χ4v) is 4.11. The lowest BCUT2D eigenvalue weighted by molar-refractivity contribution is -0.140. The summed E-state index contributed by atoms with van der Waals surface area (Å²) < 4.78 is 11.6. The second-order valence-corrected chi connectivity index (χ2v) is 7.80. The third-order valence-electron chi connectivity index (χ3n) is 5.67. The highest BCUT2D eigenvalue weighted by atomic mass is 16.5. The second-order valence-electron chi connectivity index (χ2n) is 7.80. The van der Waals surface area contributed by atoms with Crippen LogP contribution in [0.3, 0.4) is 0 Å². The standard InChI is InChI=1S/C24H24N4O6/c1-28-21(22(29)26-20(13-33-2)23(30)31)19(11-25-28)27-24(32)34-12-18-16-9-5-3-7-14(16)15-8-4-6-10-17(15)18/h3-11,18,20H,12-13H2,1-2H3,(H,26,29)(H,27,32)(H,30,31). The summed E-state index contributed by atoms with van der Waals surface area (Å²) >= 11 is 0. The number of aryl methyl sites for hydroxylation is 1. The molecule has 0 aliphatic heterocycles. The maximum absolute atomic E-state index is 12.7. The summed E-state index contributed by atoms with van der Waals surface area (Å²) in [6.45, 7) is -0.107. The van der Waals surface area contributed by atoms with Crippen molar-refractivity contribution in [3.63, 3.8) is 0 Å². The molecule has 0 fully saturated rings. The van der Waals surface area contributed by atoms with Gasteiger partial charge in [-0.3, -0.25) is 14.8 Å². The lowest BCUT2D eigenvalue weighted by Gasteiger charge is -2.16. The van der Waals surface area contributed by atoms with Crippen molar-refractivity contribution in [2.45, 2.75) is 12.0 Å². The number of fused-ring (bicyclic) bond motifs is 3. The van der Waals surface area contributed by atoms with Crippen LogP contribution in [0, 0.1) is 0 Å². The number of rotatable bonds is 8. The Labute approximate surface area is 195 Å². The zero-order valence-corrected chi connectivity index (χ0v) is 18.6. The predicted octanol–water partition coefficient (Wildman–Crippen LogP) is 2.61. The smallest absolute Gasteiger partial charge is 0.411 e. The first kappa shape index (κ1) is 23.0. The van der Waals surface area contributed by atoms with E-state index in [-0.39, 0.29) is 30.5 Å². The SMILES string of the molecule is COCC(NC(=O)c1c(NC(=O)OCC2c3ccccc3-c3ccccc32)cnn1C)C(=O)O. The van der Waals surface area contributed by atoms with Crippen molar-refractivity contribution in [1.82, 2.24) is 15.1 Å². The molecule has 1 aliphatic carbocycles. The van der Waals surface area contributed by atoms with Gasteiger partial charge in [-0.2, -0.15) is 5.10 Å². The zero-order chi connectivity index (χ0) is 24.2. The number of nitrogens with one attached hydrogen (secondary N) is 2.